The van der Waals surface area contributed by atoms with E-state index in [9.17, 15) is 14.0 Å². The van der Waals surface area contributed by atoms with Gasteiger partial charge in [0.2, 0.25) is 11.8 Å². The van der Waals surface area contributed by atoms with Gasteiger partial charge in [0.15, 0.2) is 0 Å². The van der Waals surface area contributed by atoms with Gasteiger partial charge < -0.3 is 10.2 Å². The quantitative estimate of drug-likeness (QED) is 0.863. The standard InChI is InChI=1S/C18H16BrFN2O2/c1-11-3-2-4-14(7-11)22-10-12(8-17(22)23)18(24)21-16-6-5-13(19)9-15(16)20/h2-7,9,12H,8,10H2,1H3,(H,21,24). The molecule has 0 bridgehead atoms. The molecule has 2 amide bonds. The van der Waals surface area contributed by atoms with E-state index in [0.29, 0.717) is 11.0 Å². The summed E-state index contributed by atoms with van der Waals surface area (Å²) in [5.41, 5.74) is 1.94. The number of nitrogens with zero attached hydrogens (tertiary/aromatic N) is 1. The van der Waals surface area contributed by atoms with Crippen molar-refractivity contribution in [2.24, 2.45) is 5.92 Å². The average molecular weight is 391 g/mol. The van der Waals surface area contributed by atoms with Crippen molar-refractivity contribution in [3.05, 3.63) is 58.3 Å². The highest BCUT2D eigenvalue weighted by Crippen LogP contribution is 2.27. The molecule has 4 nitrogen and oxygen atoms in total. The first-order chi connectivity index (χ1) is 11.4. The van der Waals surface area contributed by atoms with E-state index in [2.05, 4.69) is 21.2 Å². The molecule has 1 fully saturated rings. The van der Waals surface area contributed by atoms with Gasteiger partial charge in [-0.15, -0.1) is 0 Å². The molecular weight excluding hydrogens is 375 g/mol. The molecule has 6 heteroatoms. The van der Waals surface area contributed by atoms with Gasteiger partial charge in [-0.25, -0.2) is 4.39 Å². The van der Waals surface area contributed by atoms with Crippen molar-refractivity contribution in [2.45, 2.75) is 13.3 Å². The number of nitrogens with one attached hydrogen (secondary N) is 1. The van der Waals surface area contributed by atoms with Gasteiger partial charge in [-0.1, -0.05) is 28.1 Å². The number of carbonyl (C=O) groups excluding carboxylic acids is 2. The molecule has 0 radical (unpaired) electrons. The summed E-state index contributed by atoms with van der Waals surface area (Å²) in [5, 5.41) is 2.57. The van der Waals surface area contributed by atoms with Gasteiger partial charge in [0.1, 0.15) is 5.82 Å². The molecule has 24 heavy (non-hydrogen) atoms. The normalized spacial score (nSPS) is 17.2. The number of aryl methyl sites for hydroxylation is 1. The van der Waals surface area contributed by atoms with E-state index in [0.717, 1.165) is 11.3 Å². The molecule has 1 aliphatic heterocycles. The van der Waals surface area contributed by atoms with Crippen LogP contribution >= 0.6 is 15.9 Å². The Balaban J connectivity index is 1.72. The minimum absolute atomic E-state index is 0.1000. The number of amides is 2. The number of hydrogen-bond donors (Lipinski definition) is 1. The van der Waals surface area contributed by atoms with E-state index < -0.39 is 11.7 Å². The van der Waals surface area contributed by atoms with Gasteiger partial charge in [0.25, 0.3) is 0 Å². The fraction of sp³-hybridized carbons (Fsp3) is 0.222. The molecule has 1 N–H and O–H groups in total. The molecule has 1 unspecified atom stereocenters. The first kappa shape index (κ1) is 16.6. The van der Waals surface area contributed by atoms with Crippen LogP contribution in [-0.4, -0.2) is 18.4 Å². The fourth-order valence-electron chi connectivity index (χ4n) is 2.75. The fourth-order valence-corrected chi connectivity index (χ4v) is 3.09. The van der Waals surface area contributed by atoms with Crippen LogP contribution in [-0.2, 0) is 9.59 Å². The number of halogens is 2. The lowest BCUT2D eigenvalue weighted by atomic mass is 10.1. The monoisotopic (exact) mass is 390 g/mol. The zero-order chi connectivity index (χ0) is 17.3. The first-order valence-electron chi connectivity index (χ1n) is 7.57. The molecule has 1 heterocycles. The minimum atomic E-state index is -0.516. The maximum absolute atomic E-state index is 13.8. The zero-order valence-corrected chi connectivity index (χ0v) is 14.6. The summed E-state index contributed by atoms with van der Waals surface area (Å²) in [6.45, 7) is 2.25. The minimum Gasteiger partial charge on any atom is -0.323 e. The maximum atomic E-state index is 13.8. The Morgan fingerprint density at radius 1 is 1.29 bits per heavy atom. The van der Waals surface area contributed by atoms with E-state index in [1.165, 1.54) is 12.1 Å². The number of benzene rings is 2. The lowest BCUT2D eigenvalue weighted by molar-refractivity contribution is -0.122. The van der Waals surface area contributed by atoms with E-state index >= 15 is 0 Å². The molecule has 0 aromatic heterocycles. The highest BCUT2D eigenvalue weighted by atomic mass is 79.9. The zero-order valence-electron chi connectivity index (χ0n) is 13.1. The van der Waals surface area contributed by atoms with Crippen molar-refractivity contribution >= 4 is 39.1 Å². The third-order valence-electron chi connectivity index (χ3n) is 4.00. The average Bonchev–Trinajstić information content (AvgIpc) is 2.92. The Morgan fingerprint density at radius 2 is 2.08 bits per heavy atom. The molecule has 124 valence electrons. The van der Waals surface area contributed by atoms with Gasteiger partial charge in [-0.2, -0.15) is 0 Å². The lowest BCUT2D eigenvalue weighted by Crippen LogP contribution is -2.28. The van der Waals surface area contributed by atoms with Crippen LogP contribution in [0, 0.1) is 18.7 Å². The Labute approximate surface area is 147 Å². The van der Waals surface area contributed by atoms with Crippen molar-refractivity contribution in [2.75, 3.05) is 16.8 Å². The van der Waals surface area contributed by atoms with Crippen molar-refractivity contribution in [1.82, 2.24) is 0 Å². The second-order valence-corrected chi connectivity index (χ2v) is 6.77. The third-order valence-corrected chi connectivity index (χ3v) is 4.49. The predicted molar refractivity (Wildman–Crippen MR) is 94.4 cm³/mol. The molecule has 2 aromatic carbocycles. The Hall–Kier alpha value is -2.21. The molecule has 1 atom stereocenters. The maximum Gasteiger partial charge on any atom is 0.229 e. The van der Waals surface area contributed by atoms with E-state index in [-0.39, 0.29) is 23.9 Å². The Bertz CT molecular complexity index is 809. The van der Waals surface area contributed by atoms with E-state index in [1.807, 2.05) is 31.2 Å². The second kappa shape index (κ2) is 6.73. The molecular formula is C18H16BrFN2O2. The molecule has 1 aliphatic rings. The van der Waals surface area contributed by atoms with Crippen molar-refractivity contribution < 1.29 is 14.0 Å². The van der Waals surface area contributed by atoms with Crippen LogP contribution in [0.5, 0.6) is 0 Å². The summed E-state index contributed by atoms with van der Waals surface area (Å²) in [4.78, 5) is 26.2. The van der Waals surface area contributed by atoms with Crippen LogP contribution in [0.1, 0.15) is 12.0 Å². The third kappa shape index (κ3) is 3.48. The molecule has 2 aromatic rings. The molecule has 0 aliphatic carbocycles. The van der Waals surface area contributed by atoms with Gasteiger partial charge in [0, 0.05) is 23.1 Å². The van der Waals surface area contributed by atoms with Gasteiger partial charge in [-0.05, 0) is 42.8 Å². The van der Waals surface area contributed by atoms with Crippen molar-refractivity contribution in [3.8, 4) is 0 Å². The topological polar surface area (TPSA) is 49.4 Å². The van der Waals surface area contributed by atoms with E-state index in [4.69, 9.17) is 0 Å². The van der Waals surface area contributed by atoms with E-state index in [1.54, 1.807) is 11.0 Å². The lowest BCUT2D eigenvalue weighted by Gasteiger charge is -2.17. The Morgan fingerprint density at radius 3 is 2.79 bits per heavy atom. The molecule has 3 rings (SSSR count). The van der Waals surface area contributed by atoms with Crippen LogP contribution in [0.4, 0.5) is 15.8 Å². The number of hydrogen-bond acceptors (Lipinski definition) is 2. The molecule has 0 spiro atoms. The van der Waals surface area contributed by atoms with Crippen LogP contribution in [0.15, 0.2) is 46.9 Å². The highest BCUT2D eigenvalue weighted by Gasteiger charge is 2.35. The summed E-state index contributed by atoms with van der Waals surface area (Å²) in [5.74, 6) is -1.46. The molecule has 1 saturated heterocycles. The largest absolute Gasteiger partial charge is 0.323 e. The number of rotatable bonds is 3. The second-order valence-electron chi connectivity index (χ2n) is 5.86. The van der Waals surface area contributed by atoms with Crippen LogP contribution in [0.2, 0.25) is 0 Å². The highest BCUT2D eigenvalue weighted by molar-refractivity contribution is 9.10. The van der Waals surface area contributed by atoms with Crippen LogP contribution in [0.3, 0.4) is 0 Å². The number of carbonyl (C=O) groups is 2. The number of anilines is 2. The molecule has 0 saturated carbocycles. The predicted octanol–water partition coefficient (Wildman–Crippen LogP) is 3.89. The van der Waals surface area contributed by atoms with Crippen molar-refractivity contribution in [3.63, 3.8) is 0 Å². The summed E-state index contributed by atoms with van der Waals surface area (Å²) in [7, 11) is 0. The summed E-state index contributed by atoms with van der Waals surface area (Å²) >= 11 is 3.17. The van der Waals surface area contributed by atoms with Crippen LogP contribution in [0.25, 0.3) is 0 Å². The van der Waals surface area contributed by atoms with Gasteiger partial charge in [-0.3, -0.25) is 9.59 Å². The van der Waals surface area contributed by atoms with Gasteiger partial charge >= 0.3 is 0 Å². The first-order valence-corrected chi connectivity index (χ1v) is 8.36. The smallest absolute Gasteiger partial charge is 0.229 e. The summed E-state index contributed by atoms with van der Waals surface area (Å²) in [6.07, 6.45) is 0.123. The van der Waals surface area contributed by atoms with Crippen LogP contribution < -0.4 is 10.2 Å². The SMILES string of the molecule is Cc1cccc(N2CC(C(=O)Nc3ccc(Br)cc3F)CC2=O)c1. The van der Waals surface area contributed by atoms with Gasteiger partial charge in [0.05, 0.1) is 11.6 Å². The summed E-state index contributed by atoms with van der Waals surface area (Å²) in [6, 6.07) is 12.0. The summed E-state index contributed by atoms with van der Waals surface area (Å²) < 4.78 is 14.4. The van der Waals surface area contributed by atoms with Crippen molar-refractivity contribution in [1.29, 1.82) is 0 Å². The Kier molecular flexibility index (Phi) is 4.66.